The lowest BCUT2D eigenvalue weighted by Crippen LogP contribution is -2.47. The maximum Gasteiger partial charge on any atom is 0.311 e. The topological polar surface area (TPSA) is 111 Å². The summed E-state index contributed by atoms with van der Waals surface area (Å²) in [6.07, 6.45) is 0.0598. The highest BCUT2D eigenvalue weighted by atomic mass is 35.5. The molecule has 3 unspecified atom stereocenters. The summed E-state index contributed by atoms with van der Waals surface area (Å²) in [4.78, 5) is 43.6. The van der Waals surface area contributed by atoms with E-state index in [4.69, 9.17) is 25.6 Å². The minimum atomic E-state index is -1.00. The van der Waals surface area contributed by atoms with Crippen LogP contribution < -0.4 is 10.1 Å². The Hall–Kier alpha value is -4.63. The summed E-state index contributed by atoms with van der Waals surface area (Å²) in [5.74, 6) is -1.27. The van der Waals surface area contributed by atoms with Gasteiger partial charge < -0.3 is 24.2 Å². The van der Waals surface area contributed by atoms with Crippen LogP contribution in [0.4, 0.5) is 0 Å². The van der Waals surface area contributed by atoms with Gasteiger partial charge in [0.1, 0.15) is 28.8 Å². The lowest BCUT2D eigenvalue weighted by atomic mass is 9.85. The molecule has 0 aliphatic carbocycles. The Bertz CT molecular complexity index is 1730. The first-order valence-electron chi connectivity index (χ1n) is 15.1. The number of hydrogen-bond donors (Lipinski definition) is 1. The van der Waals surface area contributed by atoms with E-state index in [9.17, 15) is 14.4 Å². The Morgan fingerprint density at radius 3 is 2.28 bits per heavy atom. The quantitative estimate of drug-likeness (QED) is 0.214. The second-order valence-corrected chi connectivity index (χ2v) is 12.8. The maximum atomic E-state index is 14.8. The molecule has 2 heterocycles. The van der Waals surface area contributed by atoms with Crippen molar-refractivity contribution >= 4 is 29.4 Å². The Labute approximate surface area is 273 Å². The van der Waals surface area contributed by atoms with Crippen LogP contribution in [0.1, 0.15) is 66.0 Å². The molecule has 3 atom stereocenters. The highest BCUT2D eigenvalue weighted by Gasteiger charge is 2.52. The Morgan fingerprint density at radius 1 is 1.00 bits per heavy atom. The number of rotatable bonds is 8. The molecule has 1 aromatic heterocycles. The van der Waals surface area contributed by atoms with Crippen LogP contribution in [-0.4, -0.2) is 48.1 Å². The van der Waals surface area contributed by atoms with E-state index in [1.165, 1.54) is 12.0 Å². The number of carbonyl (C=O) groups excluding carboxylic acids is 3. The van der Waals surface area contributed by atoms with Gasteiger partial charge in [0, 0.05) is 12.1 Å². The highest BCUT2D eigenvalue weighted by Crippen LogP contribution is 2.45. The van der Waals surface area contributed by atoms with Crippen LogP contribution >= 0.6 is 11.6 Å². The summed E-state index contributed by atoms with van der Waals surface area (Å²) in [5.41, 5.74) is 3.47. The van der Waals surface area contributed by atoms with E-state index in [0.29, 0.717) is 21.9 Å². The standard InChI is InChI=1S/C36H38ClN3O6/c1-21-30(31(39-46-21)26-9-7-8-10-28(26)37)34(42)40-29(33(41)38-20-22-11-17-25(44-5)18-12-22)19-27(35(43)45-6)32(40)23-13-15-24(16-14-23)36(2,3)4/h7-18,27,29,32H,19-20H2,1-6H3,(H,38,41). The molecule has 46 heavy (non-hydrogen) atoms. The van der Waals surface area contributed by atoms with Crippen LogP contribution in [0.15, 0.2) is 77.3 Å². The number of aromatic nitrogens is 1. The summed E-state index contributed by atoms with van der Waals surface area (Å²) in [6, 6.07) is 20.3. The van der Waals surface area contributed by atoms with Crippen LogP contribution in [0.2, 0.25) is 5.02 Å². The molecule has 1 N–H and O–H groups in total. The predicted molar refractivity (Wildman–Crippen MR) is 174 cm³/mol. The fourth-order valence-corrected chi connectivity index (χ4v) is 6.19. The summed E-state index contributed by atoms with van der Waals surface area (Å²) >= 11 is 6.52. The van der Waals surface area contributed by atoms with E-state index in [0.717, 1.165) is 11.1 Å². The Kier molecular flexibility index (Phi) is 9.53. The summed E-state index contributed by atoms with van der Waals surface area (Å²) in [5, 5.41) is 7.56. The number of hydrogen-bond acceptors (Lipinski definition) is 7. The van der Waals surface area contributed by atoms with Crippen molar-refractivity contribution in [1.82, 2.24) is 15.4 Å². The third kappa shape index (κ3) is 6.51. The monoisotopic (exact) mass is 643 g/mol. The average molecular weight is 644 g/mol. The van der Waals surface area contributed by atoms with Crippen molar-refractivity contribution < 1.29 is 28.4 Å². The van der Waals surface area contributed by atoms with Crippen molar-refractivity contribution in [3.8, 4) is 17.0 Å². The molecule has 1 saturated heterocycles. The molecule has 2 amide bonds. The third-order valence-corrected chi connectivity index (χ3v) is 8.81. The summed E-state index contributed by atoms with van der Waals surface area (Å²) < 4.78 is 16.0. The number of benzene rings is 3. The minimum Gasteiger partial charge on any atom is -0.497 e. The van der Waals surface area contributed by atoms with E-state index < -0.39 is 35.8 Å². The fourth-order valence-electron chi connectivity index (χ4n) is 5.96. The number of nitrogens with one attached hydrogen (secondary N) is 1. The van der Waals surface area contributed by atoms with Gasteiger partial charge in [0.15, 0.2) is 0 Å². The molecule has 0 saturated carbocycles. The lowest BCUT2D eigenvalue weighted by Gasteiger charge is -2.32. The Balaban J connectivity index is 1.59. The second-order valence-electron chi connectivity index (χ2n) is 12.4. The molecule has 9 nitrogen and oxygen atoms in total. The average Bonchev–Trinajstić information content (AvgIpc) is 3.64. The van der Waals surface area contributed by atoms with Crippen LogP contribution in [0.3, 0.4) is 0 Å². The van der Waals surface area contributed by atoms with Gasteiger partial charge >= 0.3 is 5.97 Å². The number of esters is 1. The molecule has 1 aliphatic rings. The molecule has 5 rings (SSSR count). The molecule has 10 heteroatoms. The first-order chi connectivity index (χ1) is 21.9. The number of nitrogens with zero attached hydrogens (tertiary/aromatic N) is 2. The maximum absolute atomic E-state index is 14.8. The molecular weight excluding hydrogens is 606 g/mol. The molecule has 1 aliphatic heterocycles. The van der Waals surface area contributed by atoms with E-state index in [1.807, 2.05) is 48.5 Å². The molecule has 3 aromatic carbocycles. The van der Waals surface area contributed by atoms with Crippen molar-refractivity contribution in [2.24, 2.45) is 5.92 Å². The number of amides is 2. The molecule has 240 valence electrons. The van der Waals surface area contributed by atoms with E-state index in [1.54, 1.807) is 38.3 Å². The van der Waals surface area contributed by atoms with E-state index in [2.05, 4.69) is 31.2 Å². The number of halogens is 1. The third-order valence-electron chi connectivity index (χ3n) is 8.48. The van der Waals surface area contributed by atoms with Crippen LogP contribution in [0.25, 0.3) is 11.3 Å². The number of carbonyl (C=O) groups is 3. The van der Waals surface area contributed by atoms with Gasteiger partial charge in [0.2, 0.25) is 5.91 Å². The van der Waals surface area contributed by atoms with Crippen LogP contribution in [-0.2, 0) is 26.3 Å². The highest BCUT2D eigenvalue weighted by molar-refractivity contribution is 6.33. The molecule has 0 spiro atoms. The molecule has 1 fully saturated rings. The van der Waals surface area contributed by atoms with Crippen LogP contribution in [0.5, 0.6) is 5.75 Å². The summed E-state index contributed by atoms with van der Waals surface area (Å²) in [6.45, 7) is 8.18. The first kappa shape index (κ1) is 32.8. The number of likely N-dealkylation sites (tertiary alicyclic amines) is 1. The molecule has 0 radical (unpaired) electrons. The van der Waals surface area contributed by atoms with E-state index >= 15 is 0 Å². The van der Waals surface area contributed by atoms with Crippen molar-refractivity contribution in [2.45, 2.75) is 58.2 Å². The SMILES string of the molecule is COC(=O)C1CC(C(=O)NCc2ccc(OC)cc2)N(C(=O)c2c(-c3ccccc3Cl)noc2C)C1c1ccc(C(C)(C)C)cc1. The summed E-state index contributed by atoms with van der Waals surface area (Å²) in [7, 11) is 2.90. The fraction of sp³-hybridized carbons (Fsp3) is 0.333. The van der Waals surface area contributed by atoms with Gasteiger partial charge in [0.25, 0.3) is 5.91 Å². The van der Waals surface area contributed by atoms with Gasteiger partial charge in [-0.3, -0.25) is 14.4 Å². The molecule has 0 bridgehead atoms. The Morgan fingerprint density at radius 2 is 1.67 bits per heavy atom. The van der Waals surface area contributed by atoms with Crippen molar-refractivity contribution in [2.75, 3.05) is 14.2 Å². The zero-order valence-corrected chi connectivity index (χ0v) is 27.6. The molecule has 4 aromatic rings. The van der Waals surface area contributed by atoms with E-state index in [-0.39, 0.29) is 35.4 Å². The van der Waals surface area contributed by atoms with Crippen LogP contribution in [0, 0.1) is 12.8 Å². The largest absolute Gasteiger partial charge is 0.497 e. The van der Waals surface area contributed by atoms with Gasteiger partial charge in [-0.2, -0.15) is 0 Å². The van der Waals surface area contributed by atoms with Crippen molar-refractivity contribution in [1.29, 1.82) is 0 Å². The van der Waals surface area contributed by atoms with Crippen molar-refractivity contribution in [3.63, 3.8) is 0 Å². The molecular formula is C36H38ClN3O6. The number of aryl methyl sites for hydroxylation is 1. The van der Waals surface area contributed by atoms with Gasteiger partial charge in [0.05, 0.1) is 31.2 Å². The van der Waals surface area contributed by atoms with Gasteiger partial charge in [-0.25, -0.2) is 0 Å². The van der Waals surface area contributed by atoms with Gasteiger partial charge in [-0.1, -0.05) is 92.1 Å². The van der Waals surface area contributed by atoms with Gasteiger partial charge in [-0.05, 0) is 53.6 Å². The zero-order valence-electron chi connectivity index (χ0n) is 26.8. The first-order valence-corrected chi connectivity index (χ1v) is 15.4. The lowest BCUT2D eigenvalue weighted by molar-refractivity contribution is -0.146. The van der Waals surface area contributed by atoms with Gasteiger partial charge in [-0.15, -0.1) is 0 Å². The van der Waals surface area contributed by atoms with Crippen molar-refractivity contribution in [3.05, 3.63) is 106 Å². The predicted octanol–water partition coefficient (Wildman–Crippen LogP) is 6.67. The normalized spacial score (nSPS) is 17.9. The zero-order chi connectivity index (χ0) is 33.2. The smallest absolute Gasteiger partial charge is 0.311 e. The number of methoxy groups -OCH3 is 2. The number of ether oxygens (including phenoxy) is 2. The minimum absolute atomic E-state index is 0.0598. The second kappa shape index (κ2) is 13.4.